The lowest BCUT2D eigenvalue weighted by Crippen LogP contribution is -1.96. The summed E-state index contributed by atoms with van der Waals surface area (Å²) in [6.07, 6.45) is 0.746. The molecule has 0 saturated carbocycles. The van der Waals surface area contributed by atoms with Crippen molar-refractivity contribution in [1.29, 1.82) is 0 Å². The molecular weight excluding hydrogens is 246 g/mol. The summed E-state index contributed by atoms with van der Waals surface area (Å²) in [6.45, 7) is 0.379. The molecular formula is C11H8ClNO2S. The number of aldehydes is 1. The zero-order chi connectivity index (χ0) is 11.4. The molecule has 2 rings (SSSR count). The molecule has 2 aromatic rings. The number of hydrogen-bond acceptors (Lipinski definition) is 4. The van der Waals surface area contributed by atoms with Gasteiger partial charge in [0.15, 0.2) is 0 Å². The van der Waals surface area contributed by atoms with E-state index < -0.39 is 0 Å². The van der Waals surface area contributed by atoms with Crippen molar-refractivity contribution in [2.45, 2.75) is 6.61 Å². The molecule has 0 aliphatic rings. The van der Waals surface area contributed by atoms with Gasteiger partial charge in [-0.05, 0) is 18.2 Å². The number of thiazole rings is 1. The highest BCUT2D eigenvalue weighted by Gasteiger charge is 2.03. The summed E-state index contributed by atoms with van der Waals surface area (Å²) in [5, 5.41) is 2.34. The summed E-state index contributed by atoms with van der Waals surface area (Å²) in [7, 11) is 0. The minimum atomic E-state index is 0.379. The van der Waals surface area contributed by atoms with Gasteiger partial charge in [0.2, 0.25) is 0 Å². The van der Waals surface area contributed by atoms with Crippen LogP contribution in [0.4, 0.5) is 0 Å². The molecule has 1 heterocycles. The van der Waals surface area contributed by atoms with Crippen LogP contribution >= 0.6 is 22.9 Å². The molecule has 0 bridgehead atoms. The van der Waals surface area contributed by atoms with Gasteiger partial charge in [-0.2, -0.15) is 0 Å². The van der Waals surface area contributed by atoms with Crippen molar-refractivity contribution < 1.29 is 9.53 Å². The third kappa shape index (κ3) is 2.59. The lowest BCUT2D eigenvalue weighted by Gasteiger charge is -2.06. The second-order valence-electron chi connectivity index (χ2n) is 3.08. The van der Waals surface area contributed by atoms with Gasteiger partial charge in [-0.25, -0.2) is 4.98 Å². The van der Waals surface area contributed by atoms with Crippen LogP contribution in [-0.4, -0.2) is 11.3 Å². The lowest BCUT2D eigenvalue weighted by molar-refractivity contribution is 0.112. The van der Waals surface area contributed by atoms with Crippen molar-refractivity contribution >= 4 is 29.2 Å². The molecule has 82 valence electrons. The normalized spacial score (nSPS) is 10.1. The van der Waals surface area contributed by atoms with Crippen LogP contribution in [0.15, 0.2) is 29.1 Å². The molecule has 0 aliphatic heterocycles. The molecule has 0 aliphatic carbocycles. The Morgan fingerprint density at radius 1 is 1.50 bits per heavy atom. The molecule has 0 amide bonds. The summed E-state index contributed by atoms with van der Waals surface area (Å²) < 4.78 is 5.48. The third-order valence-corrected chi connectivity index (χ3v) is 2.88. The molecule has 3 nitrogen and oxygen atoms in total. The molecule has 1 aromatic heterocycles. The highest BCUT2D eigenvalue weighted by Crippen LogP contribution is 2.25. The number of ether oxygens (including phenoxy) is 1. The second kappa shape index (κ2) is 5.09. The molecule has 16 heavy (non-hydrogen) atoms. The van der Waals surface area contributed by atoms with Crippen LogP contribution in [0.25, 0.3) is 0 Å². The van der Waals surface area contributed by atoms with E-state index in [4.69, 9.17) is 16.3 Å². The van der Waals surface area contributed by atoms with Crippen molar-refractivity contribution in [3.8, 4) is 5.75 Å². The quantitative estimate of drug-likeness (QED) is 0.786. The van der Waals surface area contributed by atoms with Crippen LogP contribution in [-0.2, 0) is 6.61 Å². The SMILES string of the molecule is O=Cc1ccc(OCc2cscn2)c(Cl)c1. The van der Waals surface area contributed by atoms with Gasteiger partial charge in [0, 0.05) is 10.9 Å². The van der Waals surface area contributed by atoms with Crippen LogP contribution in [0.1, 0.15) is 16.1 Å². The van der Waals surface area contributed by atoms with Gasteiger partial charge in [-0.3, -0.25) is 4.79 Å². The van der Waals surface area contributed by atoms with Gasteiger partial charge < -0.3 is 4.74 Å². The van der Waals surface area contributed by atoms with E-state index in [-0.39, 0.29) is 0 Å². The van der Waals surface area contributed by atoms with Gasteiger partial charge in [0.05, 0.1) is 16.2 Å². The first-order valence-electron chi connectivity index (χ1n) is 4.54. The Kier molecular flexibility index (Phi) is 3.54. The minimum absolute atomic E-state index is 0.379. The van der Waals surface area contributed by atoms with Crippen LogP contribution in [0.5, 0.6) is 5.75 Å². The average Bonchev–Trinajstić information content (AvgIpc) is 2.80. The van der Waals surface area contributed by atoms with Crippen LogP contribution in [0.2, 0.25) is 5.02 Å². The van der Waals surface area contributed by atoms with Gasteiger partial charge in [0.25, 0.3) is 0 Å². The fraction of sp³-hybridized carbons (Fsp3) is 0.0909. The standard InChI is InChI=1S/C11H8ClNO2S/c12-10-3-8(4-14)1-2-11(10)15-5-9-6-16-7-13-9/h1-4,6-7H,5H2. The number of aromatic nitrogens is 1. The predicted molar refractivity (Wildman–Crippen MR) is 63.3 cm³/mol. The maximum Gasteiger partial charge on any atom is 0.150 e. The maximum atomic E-state index is 10.5. The highest BCUT2D eigenvalue weighted by atomic mass is 35.5. The van der Waals surface area contributed by atoms with E-state index in [1.807, 2.05) is 5.38 Å². The molecule has 0 atom stereocenters. The van der Waals surface area contributed by atoms with E-state index >= 15 is 0 Å². The molecule has 0 unspecified atom stereocenters. The summed E-state index contributed by atoms with van der Waals surface area (Å²) in [5.41, 5.74) is 3.14. The number of hydrogen-bond donors (Lipinski definition) is 0. The smallest absolute Gasteiger partial charge is 0.150 e. The fourth-order valence-corrected chi connectivity index (χ4v) is 1.95. The first-order valence-corrected chi connectivity index (χ1v) is 5.86. The van der Waals surface area contributed by atoms with E-state index in [1.54, 1.807) is 23.7 Å². The van der Waals surface area contributed by atoms with E-state index in [1.165, 1.54) is 11.3 Å². The summed E-state index contributed by atoms with van der Waals surface area (Å²) >= 11 is 7.46. The summed E-state index contributed by atoms with van der Waals surface area (Å²) in [5.74, 6) is 0.556. The Bertz CT molecular complexity index is 485. The van der Waals surface area contributed by atoms with Gasteiger partial charge >= 0.3 is 0 Å². The van der Waals surface area contributed by atoms with Crippen molar-refractivity contribution in [2.24, 2.45) is 0 Å². The largest absolute Gasteiger partial charge is 0.486 e. The van der Waals surface area contributed by atoms with E-state index in [9.17, 15) is 4.79 Å². The minimum Gasteiger partial charge on any atom is -0.486 e. The van der Waals surface area contributed by atoms with E-state index in [2.05, 4.69) is 4.98 Å². The Balaban J connectivity index is 2.07. The molecule has 0 N–H and O–H groups in total. The number of carbonyl (C=O) groups is 1. The van der Waals surface area contributed by atoms with Crippen molar-refractivity contribution in [2.75, 3.05) is 0 Å². The molecule has 5 heteroatoms. The first kappa shape index (κ1) is 11.1. The lowest BCUT2D eigenvalue weighted by atomic mass is 10.2. The zero-order valence-electron chi connectivity index (χ0n) is 8.22. The molecule has 0 saturated heterocycles. The van der Waals surface area contributed by atoms with Crippen molar-refractivity contribution in [3.05, 3.63) is 45.4 Å². The van der Waals surface area contributed by atoms with Crippen molar-refractivity contribution in [3.63, 3.8) is 0 Å². The molecule has 1 aromatic carbocycles. The Morgan fingerprint density at radius 2 is 2.38 bits per heavy atom. The molecule has 0 spiro atoms. The number of carbonyl (C=O) groups excluding carboxylic acids is 1. The van der Waals surface area contributed by atoms with E-state index in [0.29, 0.717) is 22.9 Å². The molecule has 0 radical (unpaired) electrons. The molecule has 0 fully saturated rings. The number of rotatable bonds is 4. The summed E-state index contributed by atoms with van der Waals surface area (Å²) in [4.78, 5) is 14.6. The fourth-order valence-electron chi connectivity index (χ4n) is 1.17. The predicted octanol–water partition coefficient (Wildman–Crippen LogP) is 3.19. The van der Waals surface area contributed by atoms with Crippen LogP contribution in [0, 0.1) is 0 Å². The van der Waals surface area contributed by atoms with Gasteiger partial charge in [-0.15, -0.1) is 11.3 Å². The maximum absolute atomic E-state index is 10.5. The summed E-state index contributed by atoms with van der Waals surface area (Å²) in [6, 6.07) is 4.92. The van der Waals surface area contributed by atoms with Crippen molar-refractivity contribution in [1.82, 2.24) is 4.98 Å². The number of nitrogens with zero attached hydrogens (tertiary/aromatic N) is 1. The topological polar surface area (TPSA) is 39.2 Å². The van der Waals surface area contributed by atoms with Gasteiger partial charge in [-0.1, -0.05) is 11.6 Å². The number of halogens is 1. The Labute approximate surface area is 102 Å². The number of benzene rings is 1. The average molecular weight is 254 g/mol. The van der Waals surface area contributed by atoms with Crippen LogP contribution in [0.3, 0.4) is 0 Å². The highest BCUT2D eigenvalue weighted by molar-refractivity contribution is 7.07. The zero-order valence-corrected chi connectivity index (χ0v) is 9.79. The Morgan fingerprint density at radius 3 is 3.00 bits per heavy atom. The van der Waals surface area contributed by atoms with Crippen LogP contribution < -0.4 is 4.74 Å². The third-order valence-electron chi connectivity index (χ3n) is 1.95. The van der Waals surface area contributed by atoms with Gasteiger partial charge in [0.1, 0.15) is 18.6 Å². The first-order chi connectivity index (χ1) is 7.79. The monoisotopic (exact) mass is 253 g/mol. The Hall–Kier alpha value is -1.39. The van der Waals surface area contributed by atoms with E-state index in [0.717, 1.165) is 12.0 Å². The second-order valence-corrected chi connectivity index (χ2v) is 4.20.